The molecule has 1 atom stereocenters. The molecule has 1 N–H and O–H groups in total. The summed E-state index contributed by atoms with van der Waals surface area (Å²) in [7, 11) is -4.18. The van der Waals surface area contributed by atoms with Gasteiger partial charge in [-0.2, -0.15) is 0 Å². The molecule has 0 radical (unpaired) electrons. The van der Waals surface area contributed by atoms with Crippen LogP contribution in [0.5, 0.6) is 0 Å². The topological polar surface area (TPSA) is 86.8 Å². The Morgan fingerprint density at radius 2 is 1.56 bits per heavy atom. The molecule has 7 nitrogen and oxygen atoms in total. The third-order valence-electron chi connectivity index (χ3n) is 6.01. The van der Waals surface area contributed by atoms with E-state index in [0.717, 1.165) is 4.31 Å². The molecule has 0 saturated carbocycles. The molecular weight excluding hydrogens is 557 g/mol. The van der Waals surface area contributed by atoms with Gasteiger partial charge in [0, 0.05) is 22.1 Å². The van der Waals surface area contributed by atoms with Crippen LogP contribution in [-0.4, -0.2) is 43.3 Å². The van der Waals surface area contributed by atoms with Gasteiger partial charge >= 0.3 is 0 Å². The highest BCUT2D eigenvalue weighted by Crippen LogP contribution is 2.30. The van der Waals surface area contributed by atoms with E-state index in [9.17, 15) is 18.0 Å². The Labute approximate surface area is 240 Å². The van der Waals surface area contributed by atoms with E-state index in [1.54, 1.807) is 68.4 Å². The molecule has 3 aromatic rings. The molecule has 0 aliphatic carbocycles. The van der Waals surface area contributed by atoms with Crippen LogP contribution in [0.25, 0.3) is 0 Å². The minimum atomic E-state index is -4.18. The third-order valence-corrected chi connectivity index (χ3v) is 8.39. The molecule has 0 aromatic heterocycles. The van der Waals surface area contributed by atoms with Crippen molar-refractivity contribution in [3.05, 3.63) is 94.0 Å². The lowest BCUT2D eigenvalue weighted by atomic mass is 10.1. The zero-order valence-corrected chi connectivity index (χ0v) is 24.9. The fourth-order valence-electron chi connectivity index (χ4n) is 3.95. The van der Waals surface area contributed by atoms with Gasteiger partial charge in [0.1, 0.15) is 12.6 Å². The molecule has 39 heavy (non-hydrogen) atoms. The average Bonchev–Trinajstić information content (AvgIpc) is 2.87. The molecule has 0 heterocycles. The Bertz CT molecular complexity index is 1440. The van der Waals surface area contributed by atoms with Crippen LogP contribution in [0.15, 0.2) is 77.7 Å². The number of hydrogen-bond donors (Lipinski definition) is 1. The van der Waals surface area contributed by atoms with Gasteiger partial charge in [0.05, 0.1) is 10.6 Å². The summed E-state index contributed by atoms with van der Waals surface area (Å²) in [6, 6.07) is 18.8. The summed E-state index contributed by atoms with van der Waals surface area (Å²) in [6.45, 7) is 8.32. The number of aryl methyl sites for hydroxylation is 1. The lowest BCUT2D eigenvalue weighted by Gasteiger charge is -2.34. The van der Waals surface area contributed by atoms with Gasteiger partial charge in [-0.25, -0.2) is 8.42 Å². The van der Waals surface area contributed by atoms with E-state index in [1.165, 1.54) is 23.1 Å². The van der Waals surface area contributed by atoms with Crippen LogP contribution < -0.4 is 9.62 Å². The zero-order valence-electron chi connectivity index (χ0n) is 22.6. The predicted octanol–water partition coefficient (Wildman–Crippen LogP) is 5.83. The number of rotatable bonds is 9. The summed E-state index contributed by atoms with van der Waals surface area (Å²) in [5, 5.41) is 3.65. The summed E-state index contributed by atoms with van der Waals surface area (Å²) in [5.74, 6) is -0.954. The summed E-state index contributed by atoms with van der Waals surface area (Å²) in [6.07, 6.45) is 0. The Hall–Kier alpha value is -3.07. The first-order valence-corrected chi connectivity index (χ1v) is 14.6. The Morgan fingerprint density at radius 3 is 2.18 bits per heavy atom. The molecular formula is C29H33Cl2N3O4S. The number of carbonyl (C=O) groups excluding carboxylic acids is 2. The number of hydrogen-bond acceptors (Lipinski definition) is 4. The van der Waals surface area contributed by atoms with Crippen molar-refractivity contribution in [2.75, 3.05) is 10.8 Å². The monoisotopic (exact) mass is 589 g/mol. The first kappa shape index (κ1) is 30.5. The van der Waals surface area contributed by atoms with Crippen LogP contribution in [0, 0.1) is 6.92 Å². The maximum absolute atomic E-state index is 14.0. The maximum atomic E-state index is 14.0. The second-order valence-corrected chi connectivity index (χ2v) is 13.0. The fourth-order valence-corrected chi connectivity index (χ4v) is 5.80. The van der Waals surface area contributed by atoms with E-state index in [2.05, 4.69) is 5.32 Å². The van der Waals surface area contributed by atoms with Gasteiger partial charge in [-0.15, -0.1) is 0 Å². The summed E-state index contributed by atoms with van der Waals surface area (Å²) in [4.78, 5) is 28.5. The van der Waals surface area contributed by atoms with Crippen LogP contribution in [-0.2, 0) is 26.2 Å². The standard InChI is InChI=1S/C29H33Cl2N3O4S/c1-20-15-16-23(30)17-26(20)34(39(37,38)24-12-7-6-8-13-24)19-27(35)33(18-22-11-9-10-14-25(22)31)21(2)28(36)32-29(3,4)5/h6-17,21H,18-19H2,1-5H3,(H,32,36)/t21-/m1/s1. The number of carbonyl (C=O) groups is 2. The Balaban J connectivity index is 2.08. The van der Waals surface area contributed by atoms with Crippen LogP contribution >= 0.6 is 23.2 Å². The lowest BCUT2D eigenvalue weighted by molar-refractivity contribution is -0.140. The number of nitrogens with zero attached hydrogens (tertiary/aromatic N) is 2. The number of anilines is 1. The summed E-state index contributed by atoms with van der Waals surface area (Å²) < 4.78 is 28.8. The van der Waals surface area contributed by atoms with Crippen LogP contribution in [0.2, 0.25) is 10.0 Å². The lowest BCUT2D eigenvalue weighted by Crippen LogP contribution is -2.54. The van der Waals surface area contributed by atoms with Gasteiger partial charge in [-0.05, 0) is 76.1 Å². The second kappa shape index (κ2) is 12.4. The first-order chi connectivity index (χ1) is 18.2. The maximum Gasteiger partial charge on any atom is 0.264 e. The number of amides is 2. The molecule has 0 aliphatic heterocycles. The normalized spacial score (nSPS) is 12.5. The number of sulfonamides is 1. The van der Waals surface area contributed by atoms with Gasteiger partial charge in [-0.1, -0.05) is 65.7 Å². The molecule has 0 spiro atoms. The van der Waals surface area contributed by atoms with Crippen LogP contribution in [0.4, 0.5) is 5.69 Å². The molecule has 0 aliphatic rings. The van der Waals surface area contributed by atoms with Crippen LogP contribution in [0.3, 0.4) is 0 Å². The molecule has 3 aromatic carbocycles. The molecule has 0 unspecified atom stereocenters. The van der Waals surface area contributed by atoms with E-state index < -0.39 is 34.1 Å². The van der Waals surface area contributed by atoms with Gasteiger partial charge < -0.3 is 10.2 Å². The van der Waals surface area contributed by atoms with Crippen molar-refractivity contribution in [2.24, 2.45) is 0 Å². The zero-order chi connectivity index (χ0) is 29.0. The third kappa shape index (κ3) is 7.75. The van der Waals surface area contributed by atoms with Gasteiger partial charge in [0.15, 0.2) is 0 Å². The smallest absolute Gasteiger partial charge is 0.264 e. The van der Waals surface area contributed by atoms with E-state index in [4.69, 9.17) is 23.2 Å². The SMILES string of the molecule is Cc1ccc(Cl)cc1N(CC(=O)N(Cc1ccccc1Cl)[C@H](C)C(=O)NC(C)(C)C)S(=O)(=O)c1ccccc1. The van der Waals surface area contributed by atoms with Crippen molar-refractivity contribution in [2.45, 2.75) is 57.6 Å². The number of halogens is 2. The Morgan fingerprint density at radius 1 is 0.949 bits per heavy atom. The number of benzene rings is 3. The number of nitrogens with one attached hydrogen (secondary N) is 1. The van der Waals surface area contributed by atoms with E-state index in [1.807, 2.05) is 20.8 Å². The second-order valence-electron chi connectivity index (χ2n) is 10.3. The van der Waals surface area contributed by atoms with E-state index in [-0.39, 0.29) is 23.0 Å². The highest BCUT2D eigenvalue weighted by Gasteiger charge is 2.34. The van der Waals surface area contributed by atoms with E-state index >= 15 is 0 Å². The van der Waals surface area contributed by atoms with Crippen molar-refractivity contribution in [3.8, 4) is 0 Å². The summed E-state index contributed by atoms with van der Waals surface area (Å²) in [5.41, 5.74) is 0.969. The molecule has 0 fully saturated rings. The predicted molar refractivity (Wildman–Crippen MR) is 157 cm³/mol. The minimum absolute atomic E-state index is 0.00495. The highest BCUT2D eigenvalue weighted by molar-refractivity contribution is 7.92. The molecule has 0 saturated heterocycles. The molecule has 3 rings (SSSR count). The Kier molecular flexibility index (Phi) is 9.69. The van der Waals surface area contributed by atoms with Gasteiger partial charge in [0.2, 0.25) is 11.8 Å². The van der Waals surface area contributed by atoms with Crippen molar-refractivity contribution in [1.82, 2.24) is 10.2 Å². The molecule has 10 heteroatoms. The fraction of sp³-hybridized carbons (Fsp3) is 0.310. The first-order valence-electron chi connectivity index (χ1n) is 12.4. The van der Waals surface area contributed by atoms with Gasteiger partial charge in [-0.3, -0.25) is 13.9 Å². The average molecular weight is 591 g/mol. The molecule has 2 amide bonds. The van der Waals surface area contributed by atoms with Crippen LogP contribution in [0.1, 0.15) is 38.8 Å². The van der Waals surface area contributed by atoms with E-state index in [0.29, 0.717) is 21.2 Å². The quantitative estimate of drug-likeness (QED) is 0.340. The van der Waals surface area contributed by atoms with Crippen molar-refractivity contribution < 1.29 is 18.0 Å². The minimum Gasteiger partial charge on any atom is -0.350 e. The molecule has 0 bridgehead atoms. The van der Waals surface area contributed by atoms with Crippen molar-refractivity contribution >= 4 is 50.7 Å². The van der Waals surface area contributed by atoms with Crippen molar-refractivity contribution in [1.29, 1.82) is 0 Å². The largest absolute Gasteiger partial charge is 0.350 e. The van der Waals surface area contributed by atoms with Gasteiger partial charge in [0.25, 0.3) is 10.0 Å². The highest BCUT2D eigenvalue weighted by atomic mass is 35.5. The van der Waals surface area contributed by atoms with Crippen molar-refractivity contribution in [3.63, 3.8) is 0 Å². The summed E-state index contributed by atoms with van der Waals surface area (Å²) >= 11 is 12.6. The molecule has 208 valence electrons.